The van der Waals surface area contributed by atoms with Gasteiger partial charge in [0, 0.05) is 11.5 Å². The van der Waals surface area contributed by atoms with Gasteiger partial charge in [0.05, 0.1) is 24.3 Å². The minimum atomic E-state index is -0.514. The van der Waals surface area contributed by atoms with Gasteiger partial charge in [-0.15, -0.1) is 0 Å². The number of methoxy groups -OCH3 is 1. The van der Waals surface area contributed by atoms with Gasteiger partial charge in [-0.1, -0.05) is 11.6 Å². The van der Waals surface area contributed by atoms with Gasteiger partial charge in [0.1, 0.15) is 5.75 Å². The van der Waals surface area contributed by atoms with Gasteiger partial charge in [-0.2, -0.15) is 0 Å². The number of hydrogen-bond acceptors (Lipinski definition) is 4. The van der Waals surface area contributed by atoms with Crippen LogP contribution in [0.15, 0.2) is 18.2 Å². The quantitative estimate of drug-likeness (QED) is 0.808. The van der Waals surface area contributed by atoms with E-state index in [2.05, 4.69) is 9.72 Å². The highest BCUT2D eigenvalue weighted by Crippen LogP contribution is 2.31. The third-order valence-electron chi connectivity index (χ3n) is 2.67. The zero-order chi connectivity index (χ0) is 14.0. The van der Waals surface area contributed by atoms with Crippen molar-refractivity contribution in [2.75, 3.05) is 13.7 Å². The fourth-order valence-electron chi connectivity index (χ4n) is 1.87. The van der Waals surface area contributed by atoms with E-state index < -0.39 is 5.97 Å². The summed E-state index contributed by atoms with van der Waals surface area (Å²) in [5.41, 5.74) is 1.73. The Morgan fingerprint density at radius 3 is 2.74 bits per heavy atom. The number of fused-ring (bicyclic) bond motifs is 1. The van der Waals surface area contributed by atoms with Crippen LogP contribution < -0.4 is 4.74 Å². The van der Waals surface area contributed by atoms with Gasteiger partial charge >= 0.3 is 5.97 Å². The topological polar surface area (TPSA) is 48.4 Å². The molecule has 0 aliphatic carbocycles. The van der Waals surface area contributed by atoms with Crippen molar-refractivity contribution in [1.29, 1.82) is 0 Å². The zero-order valence-electron chi connectivity index (χ0n) is 11.0. The monoisotopic (exact) mass is 279 g/mol. The number of esters is 1. The predicted octanol–water partition coefficient (Wildman–Crippen LogP) is 3.38. The molecule has 0 N–H and O–H groups in total. The van der Waals surface area contributed by atoms with E-state index in [1.165, 1.54) is 7.11 Å². The largest absolute Gasteiger partial charge is 0.493 e. The van der Waals surface area contributed by atoms with Crippen molar-refractivity contribution >= 4 is 28.5 Å². The number of carbonyl (C=O) groups excluding carboxylic acids is 1. The molecule has 0 spiro atoms. The standard InChI is InChI=1S/C14H14ClNO3/c1-4-19-12-7-11(14(17)18-3)16-13-9(12)5-8(2)6-10(13)15/h5-7H,4H2,1-3H3. The second kappa shape index (κ2) is 5.45. The smallest absolute Gasteiger partial charge is 0.356 e. The summed E-state index contributed by atoms with van der Waals surface area (Å²) in [4.78, 5) is 15.9. The number of aryl methyl sites for hydroxylation is 1. The molecule has 100 valence electrons. The number of hydrogen-bond donors (Lipinski definition) is 0. The molecule has 0 radical (unpaired) electrons. The third-order valence-corrected chi connectivity index (χ3v) is 2.96. The van der Waals surface area contributed by atoms with Gasteiger partial charge in [0.2, 0.25) is 0 Å². The second-order valence-electron chi connectivity index (χ2n) is 4.07. The van der Waals surface area contributed by atoms with E-state index in [9.17, 15) is 4.79 Å². The van der Waals surface area contributed by atoms with Crippen LogP contribution in [0.25, 0.3) is 10.9 Å². The molecular weight excluding hydrogens is 266 g/mol. The van der Waals surface area contributed by atoms with Gasteiger partial charge in [-0.05, 0) is 31.5 Å². The molecule has 0 fully saturated rings. The first-order valence-corrected chi connectivity index (χ1v) is 6.26. The van der Waals surface area contributed by atoms with E-state index in [-0.39, 0.29) is 5.69 Å². The van der Waals surface area contributed by atoms with Gasteiger partial charge in [-0.25, -0.2) is 9.78 Å². The minimum Gasteiger partial charge on any atom is -0.493 e. The molecule has 1 aromatic heterocycles. The van der Waals surface area contributed by atoms with Crippen molar-refractivity contribution in [3.05, 3.63) is 34.5 Å². The number of rotatable bonds is 3. The second-order valence-corrected chi connectivity index (χ2v) is 4.48. The minimum absolute atomic E-state index is 0.184. The lowest BCUT2D eigenvalue weighted by Crippen LogP contribution is -2.06. The summed E-state index contributed by atoms with van der Waals surface area (Å²) in [5, 5.41) is 1.28. The molecule has 19 heavy (non-hydrogen) atoms. The van der Waals surface area contributed by atoms with Crippen LogP contribution in [0.2, 0.25) is 5.02 Å². The van der Waals surface area contributed by atoms with Crippen LogP contribution in [0.4, 0.5) is 0 Å². The van der Waals surface area contributed by atoms with Crippen molar-refractivity contribution in [3.63, 3.8) is 0 Å². The molecule has 5 heteroatoms. The normalized spacial score (nSPS) is 10.5. The molecule has 0 aliphatic rings. The van der Waals surface area contributed by atoms with Crippen molar-refractivity contribution in [1.82, 2.24) is 4.98 Å². The lowest BCUT2D eigenvalue weighted by molar-refractivity contribution is 0.0594. The highest BCUT2D eigenvalue weighted by molar-refractivity contribution is 6.35. The summed E-state index contributed by atoms with van der Waals surface area (Å²) in [6, 6.07) is 5.31. The molecule has 1 aromatic carbocycles. The molecule has 0 unspecified atom stereocenters. The Bertz CT molecular complexity index is 640. The van der Waals surface area contributed by atoms with Crippen molar-refractivity contribution in [2.24, 2.45) is 0 Å². The molecule has 0 saturated carbocycles. The van der Waals surface area contributed by atoms with Crippen LogP contribution in [0.1, 0.15) is 23.0 Å². The fourth-order valence-corrected chi connectivity index (χ4v) is 2.19. The first-order valence-electron chi connectivity index (χ1n) is 5.88. The lowest BCUT2D eigenvalue weighted by Gasteiger charge is -2.11. The van der Waals surface area contributed by atoms with Crippen LogP contribution in [0.3, 0.4) is 0 Å². The molecular formula is C14H14ClNO3. The van der Waals surface area contributed by atoms with Crippen LogP contribution in [-0.4, -0.2) is 24.7 Å². The van der Waals surface area contributed by atoms with E-state index in [0.29, 0.717) is 22.9 Å². The van der Waals surface area contributed by atoms with Crippen molar-refractivity contribution < 1.29 is 14.3 Å². The van der Waals surface area contributed by atoms with Gasteiger partial charge in [0.25, 0.3) is 0 Å². The molecule has 0 amide bonds. The fraction of sp³-hybridized carbons (Fsp3) is 0.286. The lowest BCUT2D eigenvalue weighted by atomic mass is 10.1. The molecule has 0 aliphatic heterocycles. The number of halogens is 1. The number of benzene rings is 1. The predicted molar refractivity (Wildman–Crippen MR) is 74.0 cm³/mol. The van der Waals surface area contributed by atoms with Crippen LogP contribution >= 0.6 is 11.6 Å². The Labute approximate surface area is 116 Å². The van der Waals surface area contributed by atoms with Gasteiger partial charge in [0.15, 0.2) is 5.69 Å². The van der Waals surface area contributed by atoms with Crippen molar-refractivity contribution in [3.8, 4) is 5.75 Å². The van der Waals surface area contributed by atoms with E-state index >= 15 is 0 Å². The number of ether oxygens (including phenoxy) is 2. The highest BCUT2D eigenvalue weighted by Gasteiger charge is 2.15. The number of pyridine rings is 1. The molecule has 2 aromatic rings. The summed E-state index contributed by atoms with van der Waals surface area (Å²) in [6.07, 6.45) is 0. The summed E-state index contributed by atoms with van der Waals surface area (Å²) in [5.74, 6) is 0.0676. The van der Waals surface area contributed by atoms with E-state index in [1.54, 1.807) is 12.1 Å². The van der Waals surface area contributed by atoms with Crippen LogP contribution in [0, 0.1) is 6.92 Å². The maximum Gasteiger partial charge on any atom is 0.356 e. The maximum absolute atomic E-state index is 11.6. The SMILES string of the molecule is CCOc1cc(C(=O)OC)nc2c(Cl)cc(C)cc12. The van der Waals surface area contributed by atoms with Gasteiger partial charge in [-0.3, -0.25) is 0 Å². The third kappa shape index (κ3) is 2.63. The van der Waals surface area contributed by atoms with Crippen molar-refractivity contribution in [2.45, 2.75) is 13.8 Å². The number of aromatic nitrogens is 1. The Kier molecular flexibility index (Phi) is 3.90. The molecule has 0 bridgehead atoms. The number of nitrogens with zero attached hydrogens (tertiary/aromatic N) is 1. The van der Waals surface area contributed by atoms with Crippen LogP contribution in [0.5, 0.6) is 5.75 Å². The highest BCUT2D eigenvalue weighted by atomic mass is 35.5. The summed E-state index contributed by atoms with van der Waals surface area (Å²) < 4.78 is 10.2. The van der Waals surface area contributed by atoms with E-state index in [0.717, 1.165) is 10.9 Å². The van der Waals surface area contributed by atoms with Crippen LogP contribution in [-0.2, 0) is 4.74 Å². The average molecular weight is 280 g/mol. The Hall–Kier alpha value is -1.81. The molecule has 1 heterocycles. The van der Waals surface area contributed by atoms with Gasteiger partial charge < -0.3 is 9.47 Å². The van der Waals surface area contributed by atoms with E-state index in [4.69, 9.17) is 16.3 Å². The summed E-state index contributed by atoms with van der Waals surface area (Å²) in [6.45, 7) is 4.31. The number of carbonyl (C=O) groups is 1. The zero-order valence-corrected chi connectivity index (χ0v) is 11.7. The average Bonchev–Trinajstić information content (AvgIpc) is 2.38. The summed E-state index contributed by atoms with van der Waals surface area (Å²) in [7, 11) is 1.31. The first-order chi connectivity index (χ1) is 9.06. The summed E-state index contributed by atoms with van der Waals surface area (Å²) >= 11 is 6.18. The molecule has 0 saturated heterocycles. The Morgan fingerprint density at radius 1 is 1.37 bits per heavy atom. The molecule has 0 atom stereocenters. The molecule has 4 nitrogen and oxygen atoms in total. The van der Waals surface area contributed by atoms with E-state index in [1.807, 2.05) is 19.9 Å². The molecule has 2 rings (SSSR count). The maximum atomic E-state index is 11.6. The Morgan fingerprint density at radius 2 is 2.11 bits per heavy atom. The first kappa shape index (κ1) is 13.6. The Balaban J connectivity index is 2.75.